The van der Waals surface area contributed by atoms with Gasteiger partial charge in [0.1, 0.15) is 0 Å². The summed E-state index contributed by atoms with van der Waals surface area (Å²) >= 11 is 0. The lowest BCUT2D eigenvalue weighted by Crippen LogP contribution is -2.29. The van der Waals surface area contributed by atoms with Crippen molar-refractivity contribution in [2.75, 3.05) is 18.8 Å². The summed E-state index contributed by atoms with van der Waals surface area (Å²) in [7, 11) is -3.08. The molecule has 16 heavy (non-hydrogen) atoms. The highest BCUT2D eigenvalue weighted by Crippen LogP contribution is 2.18. The van der Waals surface area contributed by atoms with Crippen LogP contribution in [0.4, 0.5) is 0 Å². The molecule has 0 unspecified atom stereocenters. The lowest BCUT2D eigenvalue weighted by molar-refractivity contribution is 0.396. The lowest BCUT2D eigenvalue weighted by atomic mass is 9.94. The first-order chi connectivity index (χ1) is 7.27. The molecule has 0 saturated heterocycles. The van der Waals surface area contributed by atoms with Crippen LogP contribution in [0.3, 0.4) is 0 Å². The number of nitrogens with one attached hydrogen (secondary N) is 1. The molecule has 0 aromatic heterocycles. The van der Waals surface area contributed by atoms with Crippen LogP contribution in [-0.2, 0) is 10.0 Å². The molecule has 0 aromatic carbocycles. The second-order valence-electron chi connectivity index (χ2n) is 5.37. The first-order valence-corrected chi connectivity index (χ1v) is 7.59. The van der Waals surface area contributed by atoms with Crippen molar-refractivity contribution in [3.63, 3.8) is 0 Å². The van der Waals surface area contributed by atoms with E-state index in [0.29, 0.717) is 19.5 Å². The Kier molecular flexibility index (Phi) is 7.19. The van der Waals surface area contributed by atoms with Crippen molar-refractivity contribution < 1.29 is 8.42 Å². The van der Waals surface area contributed by atoms with Crippen molar-refractivity contribution in [1.29, 1.82) is 0 Å². The zero-order valence-electron chi connectivity index (χ0n) is 10.8. The summed E-state index contributed by atoms with van der Waals surface area (Å²) in [6.45, 7) is 7.35. The van der Waals surface area contributed by atoms with Gasteiger partial charge in [-0.15, -0.1) is 0 Å². The van der Waals surface area contributed by atoms with E-state index < -0.39 is 10.0 Å². The van der Waals surface area contributed by atoms with E-state index >= 15 is 0 Å². The molecule has 3 N–H and O–H groups in total. The Morgan fingerprint density at radius 2 is 1.75 bits per heavy atom. The summed E-state index contributed by atoms with van der Waals surface area (Å²) in [6.07, 6.45) is 3.50. The van der Waals surface area contributed by atoms with Crippen LogP contribution in [0, 0.1) is 5.41 Å². The monoisotopic (exact) mass is 250 g/mol. The summed E-state index contributed by atoms with van der Waals surface area (Å²) in [4.78, 5) is 0. The van der Waals surface area contributed by atoms with Crippen LogP contribution in [0.5, 0.6) is 0 Å². The number of sulfonamides is 1. The van der Waals surface area contributed by atoms with Crippen molar-refractivity contribution in [3.05, 3.63) is 0 Å². The Balaban J connectivity index is 3.71. The fourth-order valence-corrected chi connectivity index (χ4v) is 2.67. The average Bonchev–Trinajstić information content (AvgIpc) is 2.14. The van der Waals surface area contributed by atoms with Crippen molar-refractivity contribution in [2.45, 2.75) is 46.5 Å². The molecule has 0 saturated carbocycles. The van der Waals surface area contributed by atoms with E-state index in [1.807, 2.05) is 20.8 Å². The highest BCUT2D eigenvalue weighted by atomic mass is 32.2. The minimum atomic E-state index is -3.08. The van der Waals surface area contributed by atoms with Gasteiger partial charge < -0.3 is 5.73 Å². The molecule has 0 heterocycles. The van der Waals surface area contributed by atoms with Gasteiger partial charge in [0.15, 0.2) is 0 Å². The smallest absolute Gasteiger partial charge is 0.211 e. The molecule has 0 aliphatic carbocycles. The Morgan fingerprint density at radius 3 is 2.25 bits per heavy atom. The van der Waals surface area contributed by atoms with Crippen molar-refractivity contribution in [3.8, 4) is 0 Å². The quantitative estimate of drug-likeness (QED) is 0.641. The third kappa shape index (κ3) is 10.4. The van der Waals surface area contributed by atoms with Gasteiger partial charge in [-0.1, -0.05) is 27.2 Å². The van der Waals surface area contributed by atoms with Crippen molar-refractivity contribution in [2.24, 2.45) is 11.1 Å². The fourth-order valence-electron chi connectivity index (χ4n) is 1.19. The van der Waals surface area contributed by atoms with Crippen LogP contribution in [0.2, 0.25) is 0 Å². The van der Waals surface area contributed by atoms with Crippen LogP contribution in [0.1, 0.15) is 46.5 Å². The first kappa shape index (κ1) is 15.9. The third-order valence-electron chi connectivity index (χ3n) is 2.32. The van der Waals surface area contributed by atoms with E-state index in [1.54, 1.807) is 0 Å². The maximum atomic E-state index is 11.6. The molecule has 5 heteroatoms. The van der Waals surface area contributed by atoms with E-state index in [4.69, 9.17) is 5.73 Å². The molecular weight excluding hydrogens is 224 g/mol. The van der Waals surface area contributed by atoms with Gasteiger partial charge in [0, 0.05) is 6.54 Å². The minimum Gasteiger partial charge on any atom is -0.330 e. The van der Waals surface area contributed by atoms with E-state index in [1.165, 1.54) is 0 Å². The van der Waals surface area contributed by atoms with Crippen LogP contribution >= 0.6 is 0 Å². The Hall–Kier alpha value is -0.130. The van der Waals surface area contributed by atoms with E-state index in [9.17, 15) is 8.42 Å². The number of unbranched alkanes of at least 4 members (excludes halogenated alkanes) is 2. The maximum absolute atomic E-state index is 11.6. The van der Waals surface area contributed by atoms with Gasteiger partial charge in [0.05, 0.1) is 5.75 Å². The first-order valence-electron chi connectivity index (χ1n) is 5.94. The molecule has 0 fully saturated rings. The molecule has 0 amide bonds. The van der Waals surface area contributed by atoms with E-state index in [-0.39, 0.29) is 11.2 Å². The highest BCUT2D eigenvalue weighted by Gasteiger charge is 2.16. The van der Waals surface area contributed by atoms with Crippen molar-refractivity contribution >= 4 is 10.0 Å². The number of hydrogen-bond acceptors (Lipinski definition) is 3. The summed E-state index contributed by atoms with van der Waals surface area (Å²) in [5.41, 5.74) is 5.42. The van der Waals surface area contributed by atoms with Crippen LogP contribution in [0.25, 0.3) is 0 Å². The third-order valence-corrected chi connectivity index (χ3v) is 3.71. The zero-order valence-corrected chi connectivity index (χ0v) is 11.6. The number of hydrogen-bond donors (Lipinski definition) is 2. The minimum absolute atomic E-state index is 0.0638. The topological polar surface area (TPSA) is 72.2 Å². The SMILES string of the molecule is CC(C)(C)CCS(=O)(=O)NCCCCCN. The van der Waals surface area contributed by atoms with E-state index in [2.05, 4.69) is 4.72 Å². The summed E-state index contributed by atoms with van der Waals surface area (Å²) in [5.74, 6) is 0.216. The van der Waals surface area contributed by atoms with E-state index in [0.717, 1.165) is 19.3 Å². The second kappa shape index (κ2) is 7.25. The van der Waals surface area contributed by atoms with Gasteiger partial charge in [-0.25, -0.2) is 13.1 Å². The van der Waals surface area contributed by atoms with Gasteiger partial charge in [0.25, 0.3) is 0 Å². The van der Waals surface area contributed by atoms with Gasteiger partial charge in [-0.05, 0) is 31.2 Å². The number of rotatable bonds is 8. The summed E-state index contributed by atoms with van der Waals surface area (Å²) in [5, 5.41) is 0. The Morgan fingerprint density at radius 1 is 1.12 bits per heavy atom. The lowest BCUT2D eigenvalue weighted by Gasteiger charge is -2.17. The molecule has 0 bridgehead atoms. The van der Waals surface area contributed by atoms with Gasteiger partial charge in [0.2, 0.25) is 10.0 Å². The largest absolute Gasteiger partial charge is 0.330 e. The van der Waals surface area contributed by atoms with Crippen molar-refractivity contribution in [1.82, 2.24) is 4.72 Å². The molecule has 0 rings (SSSR count). The summed E-state index contributed by atoms with van der Waals surface area (Å²) < 4.78 is 25.8. The molecule has 0 aliphatic rings. The Bertz CT molecular complexity index is 268. The highest BCUT2D eigenvalue weighted by molar-refractivity contribution is 7.89. The molecule has 0 spiro atoms. The van der Waals surface area contributed by atoms with Crippen LogP contribution in [-0.4, -0.2) is 27.3 Å². The van der Waals surface area contributed by atoms with Gasteiger partial charge in [-0.2, -0.15) is 0 Å². The molecule has 0 atom stereocenters. The molecule has 0 aliphatic heterocycles. The normalized spacial score (nSPS) is 13.0. The molecule has 0 aromatic rings. The molecule has 4 nitrogen and oxygen atoms in total. The average molecular weight is 250 g/mol. The number of nitrogens with two attached hydrogens (primary N) is 1. The Labute approximate surface area is 100 Å². The molecule has 98 valence electrons. The van der Waals surface area contributed by atoms with Gasteiger partial charge >= 0.3 is 0 Å². The molecule has 0 radical (unpaired) electrons. The standard InChI is InChI=1S/C11H26N2O2S/c1-11(2,3)7-10-16(14,15)13-9-6-4-5-8-12/h13H,4-10,12H2,1-3H3. The van der Waals surface area contributed by atoms with Crippen LogP contribution in [0.15, 0.2) is 0 Å². The predicted octanol–water partition coefficient (Wildman–Crippen LogP) is 1.47. The predicted molar refractivity (Wildman–Crippen MR) is 68.8 cm³/mol. The van der Waals surface area contributed by atoms with Crippen LogP contribution < -0.4 is 10.5 Å². The van der Waals surface area contributed by atoms with Gasteiger partial charge in [-0.3, -0.25) is 0 Å². The fraction of sp³-hybridized carbons (Fsp3) is 1.00. The molecular formula is C11H26N2O2S. The maximum Gasteiger partial charge on any atom is 0.211 e. The zero-order chi connectivity index (χ0) is 12.7. The summed E-state index contributed by atoms with van der Waals surface area (Å²) in [6, 6.07) is 0. The second-order valence-corrected chi connectivity index (χ2v) is 7.30.